The minimum Gasteiger partial charge on any atom is -0.379 e. The van der Waals surface area contributed by atoms with E-state index in [1.807, 2.05) is 0 Å². The summed E-state index contributed by atoms with van der Waals surface area (Å²) >= 11 is 0. The van der Waals surface area contributed by atoms with Crippen LogP contribution in [-0.2, 0) is 4.74 Å². The third kappa shape index (κ3) is 3.03. The van der Waals surface area contributed by atoms with Gasteiger partial charge in [0.2, 0.25) is 5.82 Å². The second kappa shape index (κ2) is 5.07. The first-order valence-corrected chi connectivity index (χ1v) is 5.46. The maximum absolute atomic E-state index is 11.7. The second-order valence-electron chi connectivity index (χ2n) is 4.08. The average Bonchev–Trinajstić information content (AvgIpc) is 2.95. The Hall–Kier alpha value is -1.43. The SMILES string of the molecule is CN(CCOCC1CC1)C(=O)c1ncn[nH]1. The maximum atomic E-state index is 11.7. The Morgan fingerprint density at radius 1 is 1.69 bits per heavy atom. The minimum absolute atomic E-state index is 0.160. The molecule has 1 aliphatic rings. The third-order valence-electron chi connectivity index (χ3n) is 2.59. The zero-order valence-electron chi connectivity index (χ0n) is 9.35. The molecule has 0 aromatic carbocycles. The molecular weight excluding hydrogens is 208 g/mol. The van der Waals surface area contributed by atoms with Crippen LogP contribution in [0.4, 0.5) is 0 Å². The normalized spacial score (nSPS) is 15.1. The lowest BCUT2D eigenvalue weighted by Crippen LogP contribution is -2.31. The van der Waals surface area contributed by atoms with Gasteiger partial charge in [0.05, 0.1) is 6.61 Å². The number of H-pyrrole nitrogens is 1. The van der Waals surface area contributed by atoms with Crippen molar-refractivity contribution < 1.29 is 9.53 Å². The Morgan fingerprint density at radius 2 is 2.50 bits per heavy atom. The maximum Gasteiger partial charge on any atom is 0.290 e. The number of ether oxygens (including phenoxy) is 1. The highest BCUT2D eigenvalue weighted by Gasteiger charge is 2.21. The highest BCUT2D eigenvalue weighted by Crippen LogP contribution is 2.28. The van der Waals surface area contributed by atoms with Gasteiger partial charge in [0.25, 0.3) is 5.91 Å². The van der Waals surface area contributed by atoms with Gasteiger partial charge in [0.15, 0.2) is 0 Å². The number of carbonyl (C=O) groups is 1. The summed E-state index contributed by atoms with van der Waals surface area (Å²) in [5.74, 6) is 0.868. The topological polar surface area (TPSA) is 71.1 Å². The van der Waals surface area contributed by atoms with Crippen molar-refractivity contribution in [2.75, 3.05) is 26.8 Å². The van der Waals surface area contributed by atoms with E-state index in [9.17, 15) is 4.79 Å². The third-order valence-corrected chi connectivity index (χ3v) is 2.59. The van der Waals surface area contributed by atoms with Gasteiger partial charge in [-0.15, -0.1) is 0 Å². The smallest absolute Gasteiger partial charge is 0.290 e. The number of carbonyl (C=O) groups excluding carboxylic acids is 1. The highest BCUT2D eigenvalue weighted by atomic mass is 16.5. The number of likely N-dealkylation sites (N-methyl/N-ethyl adjacent to an activating group) is 1. The van der Waals surface area contributed by atoms with Crippen molar-refractivity contribution in [1.82, 2.24) is 20.1 Å². The van der Waals surface area contributed by atoms with Crippen molar-refractivity contribution in [2.45, 2.75) is 12.8 Å². The molecule has 0 spiro atoms. The van der Waals surface area contributed by atoms with Gasteiger partial charge in [-0.3, -0.25) is 9.89 Å². The predicted octanol–water partition coefficient (Wildman–Crippen LogP) is 0.303. The first kappa shape index (κ1) is 11.1. The number of hydrogen-bond donors (Lipinski definition) is 1. The molecule has 1 N–H and O–H groups in total. The lowest BCUT2D eigenvalue weighted by Gasteiger charge is -2.15. The Balaban J connectivity index is 1.66. The highest BCUT2D eigenvalue weighted by molar-refractivity contribution is 5.90. The number of rotatable bonds is 6. The van der Waals surface area contributed by atoms with Crippen LogP contribution >= 0.6 is 0 Å². The van der Waals surface area contributed by atoms with E-state index < -0.39 is 0 Å². The minimum atomic E-state index is -0.160. The number of amides is 1. The van der Waals surface area contributed by atoms with Gasteiger partial charge in [-0.25, -0.2) is 4.98 Å². The Labute approximate surface area is 94.0 Å². The summed E-state index contributed by atoms with van der Waals surface area (Å²) in [6, 6.07) is 0. The van der Waals surface area contributed by atoms with E-state index >= 15 is 0 Å². The van der Waals surface area contributed by atoms with Crippen LogP contribution in [0.1, 0.15) is 23.5 Å². The van der Waals surface area contributed by atoms with Crippen molar-refractivity contribution in [1.29, 1.82) is 0 Å². The lowest BCUT2D eigenvalue weighted by molar-refractivity contribution is 0.0671. The van der Waals surface area contributed by atoms with Gasteiger partial charge in [-0.2, -0.15) is 5.10 Å². The van der Waals surface area contributed by atoms with Crippen molar-refractivity contribution >= 4 is 5.91 Å². The van der Waals surface area contributed by atoms with Gasteiger partial charge >= 0.3 is 0 Å². The molecule has 0 atom stereocenters. The molecule has 88 valence electrons. The number of nitrogens with one attached hydrogen (secondary N) is 1. The van der Waals surface area contributed by atoms with Crippen LogP contribution in [0, 0.1) is 5.92 Å². The standard InChI is InChI=1S/C10H16N4O2/c1-14(4-5-16-6-8-2-3-8)10(15)9-11-7-12-13-9/h7-8H,2-6H2,1H3,(H,11,12,13). The molecule has 0 saturated heterocycles. The fourth-order valence-electron chi connectivity index (χ4n) is 1.33. The Kier molecular flexibility index (Phi) is 3.51. The fraction of sp³-hybridized carbons (Fsp3) is 0.700. The molecule has 2 rings (SSSR count). The number of hydrogen-bond acceptors (Lipinski definition) is 4. The van der Waals surface area contributed by atoms with E-state index in [4.69, 9.17) is 4.74 Å². The van der Waals surface area contributed by atoms with Gasteiger partial charge in [0.1, 0.15) is 6.33 Å². The molecule has 0 radical (unpaired) electrons. The fourth-order valence-corrected chi connectivity index (χ4v) is 1.33. The van der Waals surface area contributed by atoms with E-state index in [-0.39, 0.29) is 11.7 Å². The molecule has 1 aliphatic carbocycles. The first-order chi connectivity index (χ1) is 7.77. The first-order valence-electron chi connectivity index (χ1n) is 5.46. The number of aromatic amines is 1. The van der Waals surface area contributed by atoms with E-state index in [2.05, 4.69) is 15.2 Å². The predicted molar refractivity (Wildman–Crippen MR) is 56.9 cm³/mol. The molecule has 0 aliphatic heterocycles. The summed E-state index contributed by atoms with van der Waals surface area (Å²) in [6.07, 6.45) is 3.89. The average molecular weight is 224 g/mol. The summed E-state index contributed by atoms with van der Waals surface area (Å²) in [4.78, 5) is 17.1. The Bertz CT molecular complexity index is 335. The van der Waals surface area contributed by atoms with Crippen LogP contribution in [0.25, 0.3) is 0 Å². The van der Waals surface area contributed by atoms with Crippen LogP contribution in [0.5, 0.6) is 0 Å². The summed E-state index contributed by atoms with van der Waals surface area (Å²) in [7, 11) is 1.73. The molecular formula is C10H16N4O2. The summed E-state index contributed by atoms with van der Waals surface area (Å²) < 4.78 is 5.46. The van der Waals surface area contributed by atoms with Crippen LogP contribution in [-0.4, -0.2) is 52.8 Å². The quantitative estimate of drug-likeness (QED) is 0.706. The molecule has 1 saturated carbocycles. The van der Waals surface area contributed by atoms with Crippen molar-refractivity contribution in [3.63, 3.8) is 0 Å². The molecule has 0 unspecified atom stereocenters. The second-order valence-corrected chi connectivity index (χ2v) is 4.08. The Morgan fingerprint density at radius 3 is 3.12 bits per heavy atom. The van der Waals surface area contributed by atoms with Gasteiger partial charge in [0, 0.05) is 20.2 Å². The summed E-state index contributed by atoms with van der Waals surface area (Å²) in [5, 5.41) is 6.18. The van der Waals surface area contributed by atoms with Crippen LogP contribution in [0.15, 0.2) is 6.33 Å². The van der Waals surface area contributed by atoms with Gasteiger partial charge in [-0.1, -0.05) is 0 Å². The zero-order valence-corrected chi connectivity index (χ0v) is 9.35. The summed E-state index contributed by atoms with van der Waals surface area (Å²) in [6.45, 7) is 1.98. The van der Waals surface area contributed by atoms with Crippen LogP contribution in [0.3, 0.4) is 0 Å². The molecule has 1 fully saturated rings. The molecule has 16 heavy (non-hydrogen) atoms. The monoisotopic (exact) mass is 224 g/mol. The van der Waals surface area contributed by atoms with Gasteiger partial charge < -0.3 is 9.64 Å². The van der Waals surface area contributed by atoms with Crippen LogP contribution in [0.2, 0.25) is 0 Å². The van der Waals surface area contributed by atoms with Crippen LogP contribution < -0.4 is 0 Å². The van der Waals surface area contributed by atoms with E-state index in [1.165, 1.54) is 19.2 Å². The molecule has 1 aromatic rings. The van der Waals surface area contributed by atoms with Crippen molar-refractivity contribution in [3.8, 4) is 0 Å². The zero-order chi connectivity index (χ0) is 11.4. The lowest BCUT2D eigenvalue weighted by atomic mass is 10.4. The van der Waals surface area contributed by atoms with E-state index in [0.29, 0.717) is 13.2 Å². The number of nitrogens with zero attached hydrogens (tertiary/aromatic N) is 3. The molecule has 6 nitrogen and oxygen atoms in total. The van der Waals surface area contributed by atoms with E-state index in [1.54, 1.807) is 11.9 Å². The molecule has 1 amide bonds. The largest absolute Gasteiger partial charge is 0.379 e. The molecule has 6 heteroatoms. The molecule has 1 heterocycles. The molecule has 0 bridgehead atoms. The summed E-state index contributed by atoms with van der Waals surface area (Å²) in [5.41, 5.74) is 0. The van der Waals surface area contributed by atoms with Gasteiger partial charge in [-0.05, 0) is 18.8 Å². The van der Waals surface area contributed by atoms with E-state index in [0.717, 1.165) is 12.5 Å². The molecule has 1 aromatic heterocycles. The van der Waals surface area contributed by atoms with Crippen molar-refractivity contribution in [3.05, 3.63) is 12.2 Å². The number of aromatic nitrogens is 3. The van der Waals surface area contributed by atoms with Crippen molar-refractivity contribution in [2.24, 2.45) is 5.92 Å².